The van der Waals surface area contributed by atoms with Gasteiger partial charge in [0.25, 0.3) is 5.91 Å². The molecule has 1 saturated heterocycles. The molecule has 0 radical (unpaired) electrons. The number of hydrogen-bond acceptors (Lipinski definition) is 8. The van der Waals surface area contributed by atoms with Gasteiger partial charge in [-0.2, -0.15) is 0 Å². The number of Topliss-reactive ketones (excluding diaryl/α,β-unsaturated/α-hetero) is 1. The number of nitrogens with zero attached hydrogens (tertiary/aromatic N) is 1. The molecule has 2 aromatic rings. The van der Waals surface area contributed by atoms with Crippen LogP contribution in [0.25, 0.3) is 6.08 Å². The first-order valence-electron chi connectivity index (χ1n) is 8.19. The van der Waals surface area contributed by atoms with Gasteiger partial charge in [-0.15, -0.1) is 11.3 Å². The van der Waals surface area contributed by atoms with Gasteiger partial charge >= 0.3 is 0 Å². The van der Waals surface area contributed by atoms with Gasteiger partial charge in [0.15, 0.2) is 23.9 Å². The van der Waals surface area contributed by atoms with E-state index in [0.29, 0.717) is 28.0 Å². The van der Waals surface area contributed by atoms with E-state index in [1.165, 1.54) is 11.3 Å². The average molecular weight is 529 g/mol. The number of thioether (sulfide) groups is 1. The van der Waals surface area contributed by atoms with Crippen LogP contribution in [0.15, 0.2) is 28.6 Å². The number of carbonyl (C=O) groups excluding carboxylic acids is 2. The Bertz CT molecular complexity index is 960. The fourth-order valence-electron chi connectivity index (χ4n) is 2.56. The van der Waals surface area contributed by atoms with Crippen molar-refractivity contribution >= 4 is 68.5 Å². The molecule has 0 unspecified atom stereocenters. The van der Waals surface area contributed by atoms with Crippen LogP contribution in [0.1, 0.15) is 23.4 Å². The average Bonchev–Trinajstić information content (AvgIpc) is 3.23. The SMILES string of the molecule is CCOc1cc(/C=C2\SC(=N)[C@@H](c3nccs3)C2=O)cc(I)c1OCC(N)=O. The lowest BCUT2D eigenvalue weighted by Crippen LogP contribution is -2.20. The third kappa shape index (κ3) is 4.55. The predicted molar refractivity (Wildman–Crippen MR) is 118 cm³/mol. The van der Waals surface area contributed by atoms with Gasteiger partial charge in [-0.05, 0) is 53.3 Å². The van der Waals surface area contributed by atoms with Gasteiger partial charge < -0.3 is 15.2 Å². The maximum absolute atomic E-state index is 12.8. The summed E-state index contributed by atoms with van der Waals surface area (Å²) in [7, 11) is 0. The van der Waals surface area contributed by atoms with E-state index in [0.717, 1.165) is 20.9 Å². The van der Waals surface area contributed by atoms with Crippen LogP contribution in [0, 0.1) is 8.98 Å². The summed E-state index contributed by atoms with van der Waals surface area (Å²) in [5, 5.41) is 10.9. The predicted octanol–water partition coefficient (Wildman–Crippen LogP) is 3.43. The molecule has 1 atom stereocenters. The zero-order chi connectivity index (χ0) is 20.3. The molecule has 0 saturated carbocycles. The molecule has 28 heavy (non-hydrogen) atoms. The number of benzene rings is 1. The van der Waals surface area contributed by atoms with E-state index in [9.17, 15) is 9.59 Å². The van der Waals surface area contributed by atoms with Crippen molar-refractivity contribution in [2.24, 2.45) is 5.73 Å². The first-order valence-corrected chi connectivity index (χ1v) is 11.0. The van der Waals surface area contributed by atoms with E-state index >= 15 is 0 Å². The van der Waals surface area contributed by atoms with Crippen LogP contribution in [-0.4, -0.2) is 34.9 Å². The number of aromatic nitrogens is 1. The van der Waals surface area contributed by atoms with Crippen molar-refractivity contribution in [3.63, 3.8) is 0 Å². The Labute approximate surface area is 183 Å². The van der Waals surface area contributed by atoms with Crippen molar-refractivity contribution in [3.8, 4) is 11.5 Å². The number of nitrogens with two attached hydrogens (primary N) is 1. The highest BCUT2D eigenvalue weighted by Crippen LogP contribution is 2.42. The lowest BCUT2D eigenvalue weighted by molar-refractivity contribution is -0.120. The minimum atomic E-state index is -0.625. The first kappa shape index (κ1) is 20.8. The van der Waals surface area contributed by atoms with Gasteiger partial charge in [-0.3, -0.25) is 15.0 Å². The summed E-state index contributed by atoms with van der Waals surface area (Å²) in [4.78, 5) is 28.5. The Balaban J connectivity index is 1.92. The van der Waals surface area contributed by atoms with Crippen LogP contribution < -0.4 is 15.2 Å². The smallest absolute Gasteiger partial charge is 0.255 e. The lowest BCUT2D eigenvalue weighted by Gasteiger charge is -2.14. The number of thiazole rings is 1. The molecule has 7 nitrogen and oxygen atoms in total. The molecule has 1 aromatic carbocycles. The largest absolute Gasteiger partial charge is 0.490 e. The fourth-order valence-corrected chi connectivity index (χ4v) is 5.15. The van der Waals surface area contributed by atoms with Crippen LogP contribution in [0.2, 0.25) is 0 Å². The summed E-state index contributed by atoms with van der Waals surface area (Å²) >= 11 is 4.59. The topological polar surface area (TPSA) is 115 Å². The molecule has 0 bridgehead atoms. The highest BCUT2D eigenvalue weighted by atomic mass is 127. The van der Waals surface area contributed by atoms with E-state index in [-0.39, 0.29) is 17.4 Å². The van der Waals surface area contributed by atoms with Gasteiger partial charge in [0, 0.05) is 11.6 Å². The number of amides is 1. The van der Waals surface area contributed by atoms with Gasteiger partial charge in [0.1, 0.15) is 10.9 Å². The van der Waals surface area contributed by atoms with Crippen LogP contribution in [0.4, 0.5) is 0 Å². The van der Waals surface area contributed by atoms with Gasteiger partial charge in [-0.25, -0.2) is 4.98 Å². The van der Waals surface area contributed by atoms with Crippen molar-refractivity contribution in [1.82, 2.24) is 4.98 Å². The van der Waals surface area contributed by atoms with E-state index < -0.39 is 11.8 Å². The zero-order valence-electron chi connectivity index (χ0n) is 14.7. The van der Waals surface area contributed by atoms with Crippen molar-refractivity contribution in [3.05, 3.63) is 42.8 Å². The number of allylic oxidation sites excluding steroid dienone is 1. The van der Waals surface area contributed by atoms with E-state index in [2.05, 4.69) is 27.6 Å². The number of halogens is 1. The molecule has 3 N–H and O–H groups in total. The number of rotatable bonds is 7. The maximum Gasteiger partial charge on any atom is 0.255 e. The summed E-state index contributed by atoms with van der Waals surface area (Å²) < 4.78 is 11.8. The lowest BCUT2D eigenvalue weighted by atomic mass is 10.0. The Morgan fingerprint density at radius 2 is 2.21 bits per heavy atom. The molecular weight excluding hydrogens is 513 g/mol. The monoisotopic (exact) mass is 529 g/mol. The molecule has 146 valence electrons. The van der Waals surface area contributed by atoms with Crippen LogP contribution >= 0.6 is 45.7 Å². The van der Waals surface area contributed by atoms with E-state index in [1.807, 2.05) is 13.0 Å². The second-order valence-corrected chi connectivity index (χ2v) is 8.83. The summed E-state index contributed by atoms with van der Waals surface area (Å²) in [6.45, 7) is 2.00. The molecule has 1 aromatic heterocycles. The molecule has 1 aliphatic rings. The molecular formula is C18H16IN3O4S2. The zero-order valence-corrected chi connectivity index (χ0v) is 18.5. The van der Waals surface area contributed by atoms with Crippen molar-refractivity contribution in [2.45, 2.75) is 12.8 Å². The summed E-state index contributed by atoms with van der Waals surface area (Å²) in [5.41, 5.74) is 5.89. The molecule has 1 fully saturated rings. The Morgan fingerprint density at radius 3 is 2.86 bits per heavy atom. The van der Waals surface area contributed by atoms with Crippen molar-refractivity contribution in [2.75, 3.05) is 13.2 Å². The van der Waals surface area contributed by atoms with Crippen molar-refractivity contribution in [1.29, 1.82) is 5.41 Å². The van der Waals surface area contributed by atoms with Gasteiger partial charge in [0.2, 0.25) is 0 Å². The highest BCUT2D eigenvalue weighted by molar-refractivity contribution is 14.1. The quantitative estimate of drug-likeness (QED) is 0.420. The minimum absolute atomic E-state index is 0.132. The van der Waals surface area contributed by atoms with E-state index in [4.69, 9.17) is 20.6 Å². The van der Waals surface area contributed by atoms with Gasteiger partial charge in [-0.1, -0.05) is 11.8 Å². The highest BCUT2D eigenvalue weighted by Gasteiger charge is 2.38. The summed E-state index contributed by atoms with van der Waals surface area (Å²) in [6.07, 6.45) is 3.37. The number of carbonyl (C=O) groups is 2. The Morgan fingerprint density at radius 1 is 1.43 bits per heavy atom. The Hall–Kier alpha value is -1.92. The van der Waals surface area contributed by atoms with Crippen LogP contribution in [-0.2, 0) is 9.59 Å². The normalized spacial score (nSPS) is 17.9. The van der Waals surface area contributed by atoms with Crippen molar-refractivity contribution < 1.29 is 19.1 Å². The maximum atomic E-state index is 12.8. The number of primary amides is 1. The van der Waals surface area contributed by atoms with Gasteiger partial charge in [0.05, 0.1) is 20.1 Å². The molecule has 1 aliphatic heterocycles. The molecule has 3 rings (SSSR count). The summed E-state index contributed by atoms with van der Waals surface area (Å²) in [5.74, 6) is -0.442. The third-order valence-electron chi connectivity index (χ3n) is 3.67. The molecule has 2 heterocycles. The van der Waals surface area contributed by atoms with E-state index in [1.54, 1.807) is 23.7 Å². The third-order valence-corrected chi connectivity index (χ3v) is 6.31. The van der Waals surface area contributed by atoms with Crippen LogP contribution in [0.5, 0.6) is 11.5 Å². The minimum Gasteiger partial charge on any atom is -0.490 e. The number of ketones is 1. The number of hydrogen-bond donors (Lipinski definition) is 2. The number of ether oxygens (including phenoxy) is 2. The standard InChI is InChI=1S/C18H16IN3O4S2/c1-2-25-11-6-9(5-10(19)16(11)26-8-13(20)23)7-12-15(24)14(17(21)28-12)18-22-3-4-27-18/h3-7,14,21H,2,8H2,1H3,(H2,20,23)/b12-7-,21-17?/t14-/m0/s1. The fraction of sp³-hybridized carbons (Fsp3) is 0.222. The summed E-state index contributed by atoms with van der Waals surface area (Å²) in [6, 6.07) is 3.56. The van der Waals surface area contributed by atoms with Crippen LogP contribution in [0.3, 0.4) is 0 Å². The Kier molecular flexibility index (Phi) is 6.73. The molecule has 0 aliphatic carbocycles. The molecule has 0 spiro atoms. The molecule has 10 heteroatoms. The molecule has 1 amide bonds. The second kappa shape index (κ2) is 9.05. The second-order valence-electron chi connectivity index (χ2n) is 5.66. The number of nitrogens with one attached hydrogen (secondary N) is 1. The first-order chi connectivity index (χ1) is 13.4.